The Hall–Kier alpha value is -1.90. The number of fused-ring (bicyclic) bond motifs is 1. The second-order valence-electron chi connectivity index (χ2n) is 2.99. The van der Waals surface area contributed by atoms with Crippen molar-refractivity contribution in [3.05, 3.63) is 42.1 Å². The highest BCUT2D eigenvalue weighted by molar-refractivity contribution is 5.81. The first-order valence-corrected chi connectivity index (χ1v) is 4.41. The number of benzene rings is 1. The number of carbonyl (C=O) groups is 1. The maximum absolute atomic E-state index is 10.2. The Morgan fingerprint density at radius 1 is 1.29 bits per heavy atom. The maximum Gasteiger partial charge on any atom is 0.207 e. The summed E-state index contributed by atoms with van der Waals surface area (Å²) in [5.74, 6) is 0. The summed E-state index contributed by atoms with van der Waals surface area (Å²) in [5.41, 5.74) is 2.04. The van der Waals surface area contributed by atoms with Gasteiger partial charge in [-0.1, -0.05) is 18.2 Å². The van der Waals surface area contributed by atoms with Crippen LogP contribution < -0.4 is 5.32 Å². The van der Waals surface area contributed by atoms with Gasteiger partial charge in [0, 0.05) is 18.1 Å². The highest BCUT2D eigenvalue weighted by Crippen LogP contribution is 2.15. The topological polar surface area (TPSA) is 42.0 Å². The molecule has 1 aromatic heterocycles. The van der Waals surface area contributed by atoms with Crippen LogP contribution in [0, 0.1) is 0 Å². The lowest BCUT2D eigenvalue weighted by Crippen LogP contribution is -2.10. The molecule has 1 N–H and O–H groups in total. The minimum absolute atomic E-state index is 0.548. The van der Waals surface area contributed by atoms with E-state index in [0.717, 1.165) is 16.5 Å². The average Bonchev–Trinajstić information content (AvgIpc) is 2.26. The van der Waals surface area contributed by atoms with E-state index in [9.17, 15) is 4.79 Å². The predicted molar refractivity (Wildman–Crippen MR) is 54.6 cm³/mol. The van der Waals surface area contributed by atoms with Gasteiger partial charge >= 0.3 is 0 Å². The van der Waals surface area contributed by atoms with E-state index >= 15 is 0 Å². The third kappa shape index (κ3) is 1.57. The molecule has 3 nitrogen and oxygen atoms in total. The van der Waals surface area contributed by atoms with E-state index in [4.69, 9.17) is 0 Å². The molecule has 2 aromatic rings. The van der Waals surface area contributed by atoms with Crippen LogP contribution in [0.3, 0.4) is 0 Å². The summed E-state index contributed by atoms with van der Waals surface area (Å²) in [6, 6.07) is 9.80. The summed E-state index contributed by atoms with van der Waals surface area (Å²) in [6.45, 7) is 0.548. The highest BCUT2D eigenvalue weighted by atomic mass is 16.1. The fourth-order valence-electron chi connectivity index (χ4n) is 1.46. The van der Waals surface area contributed by atoms with E-state index in [1.165, 1.54) is 0 Å². The van der Waals surface area contributed by atoms with Gasteiger partial charge in [0.05, 0.1) is 5.52 Å². The summed E-state index contributed by atoms with van der Waals surface area (Å²) < 4.78 is 0. The molecular weight excluding hydrogens is 176 g/mol. The molecule has 1 heterocycles. The summed E-state index contributed by atoms with van der Waals surface area (Å²) >= 11 is 0. The normalized spacial score (nSPS) is 10.0. The number of rotatable bonds is 3. The first-order chi connectivity index (χ1) is 6.92. The van der Waals surface area contributed by atoms with Crippen molar-refractivity contribution in [3.63, 3.8) is 0 Å². The molecular formula is C11H10N2O. The van der Waals surface area contributed by atoms with Crippen LogP contribution in [0.5, 0.6) is 0 Å². The molecule has 0 radical (unpaired) electrons. The molecule has 3 heteroatoms. The predicted octanol–water partition coefficient (Wildman–Crippen LogP) is 1.48. The Kier molecular flexibility index (Phi) is 2.40. The Morgan fingerprint density at radius 2 is 2.14 bits per heavy atom. The van der Waals surface area contributed by atoms with Crippen LogP contribution in [0.1, 0.15) is 5.56 Å². The SMILES string of the molecule is O=CNCc1ccnc2ccccc12. The molecule has 0 atom stereocenters. The standard InChI is InChI=1S/C11H10N2O/c14-8-12-7-9-5-6-13-11-4-2-1-3-10(9)11/h1-6,8H,7H2,(H,12,14). The van der Waals surface area contributed by atoms with E-state index in [1.807, 2.05) is 30.3 Å². The number of hydrogen-bond acceptors (Lipinski definition) is 2. The van der Waals surface area contributed by atoms with Gasteiger partial charge in [0.25, 0.3) is 0 Å². The van der Waals surface area contributed by atoms with Crippen LogP contribution in [0.15, 0.2) is 36.5 Å². The van der Waals surface area contributed by atoms with E-state index in [2.05, 4.69) is 10.3 Å². The highest BCUT2D eigenvalue weighted by Gasteiger charge is 1.99. The zero-order chi connectivity index (χ0) is 9.80. The minimum Gasteiger partial charge on any atom is -0.355 e. The molecule has 0 aliphatic heterocycles. The van der Waals surface area contributed by atoms with Crippen molar-refractivity contribution in [3.8, 4) is 0 Å². The first-order valence-electron chi connectivity index (χ1n) is 4.41. The number of amides is 1. The molecule has 0 aliphatic carbocycles. The van der Waals surface area contributed by atoms with Gasteiger partial charge in [0.15, 0.2) is 0 Å². The Bertz CT molecular complexity index is 448. The van der Waals surface area contributed by atoms with Crippen molar-refractivity contribution in [1.29, 1.82) is 0 Å². The minimum atomic E-state index is 0.548. The van der Waals surface area contributed by atoms with Gasteiger partial charge in [-0.05, 0) is 17.7 Å². The Morgan fingerprint density at radius 3 is 3.00 bits per heavy atom. The van der Waals surface area contributed by atoms with Gasteiger partial charge in [-0.2, -0.15) is 0 Å². The van der Waals surface area contributed by atoms with E-state index in [1.54, 1.807) is 6.20 Å². The number of nitrogens with one attached hydrogen (secondary N) is 1. The third-order valence-electron chi connectivity index (χ3n) is 2.12. The van der Waals surface area contributed by atoms with Gasteiger partial charge in [-0.3, -0.25) is 9.78 Å². The number of para-hydroxylation sites is 1. The summed E-state index contributed by atoms with van der Waals surface area (Å²) in [4.78, 5) is 14.4. The lowest BCUT2D eigenvalue weighted by Gasteiger charge is -2.04. The van der Waals surface area contributed by atoms with Crippen LogP contribution in [-0.2, 0) is 11.3 Å². The monoisotopic (exact) mass is 186 g/mol. The van der Waals surface area contributed by atoms with E-state index < -0.39 is 0 Å². The lowest BCUT2D eigenvalue weighted by molar-refractivity contribution is -0.109. The van der Waals surface area contributed by atoms with Gasteiger partial charge in [0.1, 0.15) is 0 Å². The first kappa shape index (κ1) is 8.69. The van der Waals surface area contributed by atoms with Gasteiger partial charge < -0.3 is 5.32 Å². The maximum atomic E-state index is 10.2. The van der Waals surface area contributed by atoms with Gasteiger partial charge in [-0.15, -0.1) is 0 Å². The number of hydrogen-bond donors (Lipinski definition) is 1. The molecule has 14 heavy (non-hydrogen) atoms. The van der Waals surface area contributed by atoms with Crippen molar-refractivity contribution < 1.29 is 4.79 Å². The molecule has 70 valence electrons. The summed E-state index contributed by atoms with van der Waals surface area (Å²) in [6.07, 6.45) is 2.46. The van der Waals surface area contributed by atoms with Crippen LogP contribution >= 0.6 is 0 Å². The molecule has 1 amide bonds. The summed E-state index contributed by atoms with van der Waals surface area (Å²) in [7, 11) is 0. The van der Waals surface area contributed by atoms with Crippen LogP contribution in [-0.4, -0.2) is 11.4 Å². The molecule has 0 saturated heterocycles. The molecule has 0 unspecified atom stereocenters. The molecule has 0 fully saturated rings. The molecule has 1 aromatic carbocycles. The second kappa shape index (κ2) is 3.87. The molecule has 0 saturated carbocycles. The Balaban J connectivity index is 2.48. The van der Waals surface area contributed by atoms with Crippen molar-refractivity contribution in [1.82, 2.24) is 10.3 Å². The Labute approximate surface area is 81.8 Å². The number of pyridine rings is 1. The number of aromatic nitrogens is 1. The second-order valence-corrected chi connectivity index (χ2v) is 2.99. The third-order valence-corrected chi connectivity index (χ3v) is 2.12. The summed E-state index contributed by atoms with van der Waals surface area (Å²) in [5, 5.41) is 3.74. The number of carbonyl (C=O) groups excluding carboxylic acids is 1. The smallest absolute Gasteiger partial charge is 0.207 e. The molecule has 0 aliphatic rings. The van der Waals surface area contributed by atoms with Gasteiger partial charge in [-0.25, -0.2) is 0 Å². The number of nitrogens with zero attached hydrogens (tertiary/aromatic N) is 1. The quantitative estimate of drug-likeness (QED) is 0.738. The van der Waals surface area contributed by atoms with Crippen molar-refractivity contribution in [2.75, 3.05) is 0 Å². The van der Waals surface area contributed by atoms with Crippen molar-refractivity contribution >= 4 is 17.3 Å². The zero-order valence-electron chi connectivity index (χ0n) is 7.60. The average molecular weight is 186 g/mol. The van der Waals surface area contributed by atoms with E-state index in [-0.39, 0.29) is 0 Å². The fraction of sp³-hybridized carbons (Fsp3) is 0.0909. The van der Waals surface area contributed by atoms with Crippen LogP contribution in [0.4, 0.5) is 0 Å². The zero-order valence-corrected chi connectivity index (χ0v) is 7.60. The van der Waals surface area contributed by atoms with Crippen LogP contribution in [0.25, 0.3) is 10.9 Å². The lowest BCUT2D eigenvalue weighted by atomic mass is 10.1. The van der Waals surface area contributed by atoms with Crippen LogP contribution in [0.2, 0.25) is 0 Å². The molecule has 2 rings (SSSR count). The fourth-order valence-corrected chi connectivity index (χ4v) is 1.46. The largest absolute Gasteiger partial charge is 0.355 e. The van der Waals surface area contributed by atoms with Crippen molar-refractivity contribution in [2.45, 2.75) is 6.54 Å². The van der Waals surface area contributed by atoms with Gasteiger partial charge in [0.2, 0.25) is 6.41 Å². The van der Waals surface area contributed by atoms with Crippen molar-refractivity contribution in [2.24, 2.45) is 0 Å². The molecule has 0 bridgehead atoms. The molecule has 0 spiro atoms. The van der Waals surface area contributed by atoms with E-state index in [0.29, 0.717) is 13.0 Å².